The lowest BCUT2D eigenvalue weighted by atomic mass is 9.91. The van der Waals surface area contributed by atoms with Crippen LogP contribution in [0.1, 0.15) is 0 Å². The monoisotopic (exact) mass is 472 g/mol. The van der Waals surface area contributed by atoms with E-state index in [1.54, 1.807) is 12.4 Å². The van der Waals surface area contributed by atoms with E-state index in [0.717, 1.165) is 60.4 Å². The molecule has 0 bridgehead atoms. The minimum absolute atomic E-state index is 0.910. The van der Waals surface area contributed by atoms with Gasteiger partial charge in [0.1, 0.15) is 11.2 Å². The van der Waals surface area contributed by atoms with Gasteiger partial charge in [-0.25, -0.2) is 0 Å². The molecule has 3 heteroatoms. The molecule has 2 heterocycles. The van der Waals surface area contributed by atoms with Gasteiger partial charge in [0.05, 0.1) is 11.0 Å². The lowest BCUT2D eigenvalue weighted by molar-refractivity contribution is 0.670. The van der Waals surface area contributed by atoms with Gasteiger partial charge in [-0.3, -0.25) is 9.97 Å². The molecule has 3 nitrogen and oxygen atoms in total. The molecular weight excluding hydrogens is 452 g/mol. The molecule has 0 unspecified atom stereocenters. The lowest BCUT2D eigenvalue weighted by Crippen LogP contribution is -1.90. The molecule has 0 atom stereocenters. The summed E-state index contributed by atoms with van der Waals surface area (Å²) in [5, 5.41) is 6.87. The first kappa shape index (κ1) is 20.2. The Labute approximate surface area is 212 Å². The molecular formula is C34H20N2O. The normalized spacial score (nSPS) is 11.8. The van der Waals surface area contributed by atoms with Crippen molar-refractivity contribution in [1.82, 2.24) is 9.97 Å². The standard InChI is InChI=1S/C34H20N2O/c1-2-9-23(28-13-7-14-29-25-11-5-6-15-31(25)37-34(28)29)22(8-1)21-16-17-27-30(20-21)24-10-3-4-12-26(24)32-33(27)36-19-18-35-32/h1-20H. The third kappa shape index (κ3) is 2.95. The number of hydrogen-bond donors (Lipinski definition) is 0. The van der Waals surface area contributed by atoms with Gasteiger partial charge < -0.3 is 4.42 Å². The van der Waals surface area contributed by atoms with Crippen LogP contribution in [-0.4, -0.2) is 9.97 Å². The van der Waals surface area contributed by atoms with Crippen LogP contribution in [0, 0.1) is 0 Å². The third-order valence-corrected chi connectivity index (χ3v) is 7.38. The van der Waals surface area contributed by atoms with Crippen molar-refractivity contribution in [3.8, 4) is 22.3 Å². The second kappa shape index (κ2) is 7.74. The Morgan fingerprint density at radius 3 is 1.89 bits per heavy atom. The summed E-state index contributed by atoms with van der Waals surface area (Å²) in [6.45, 7) is 0. The molecule has 6 aromatic carbocycles. The van der Waals surface area contributed by atoms with Gasteiger partial charge in [-0.1, -0.05) is 97.1 Å². The predicted octanol–water partition coefficient (Wildman–Crippen LogP) is 9.17. The van der Waals surface area contributed by atoms with Crippen molar-refractivity contribution in [1.29, 1.82) is 0 Å². The second-order valence-corrected chi connectivity index (χ2v) is 9.39. The molecule has 8 aromatic rings. The third-order valence-electron chi connectivity index (χ3n) is 7.38. The number of hydrogen-bond acceptors (Lipinski definition) is 3. The minimum atomic E-state index is 0.910. The van der Waals surface area contributed by atoms with E-state index in [1.165, 1.54) is 16.3 Å². The quantitative estimate of drug-likeness (QED) is 0.235. The Hall–Kier alpha value is -5.02. The molecule has 0 aliphatic rings. The number of fused-ring (bicyclic) bond motifs is 9. The number of para-hydroxylation sites is 2. The summed E-state index contributed by atoms with van der Waals surface area (Å²) in [6.07, 6.45) is 3.54. The molecule has 0 aliphatic heterocycles. The maximum absolute atomic E-state index is 6.39. The van der Waals surface area contributed by atoms with E-state index in [4.69, 9.17) is 9.40 Å². The van der Waals surface area contributed by atoms with Crippen molar-refractivity contribution in [3.05, 3.63) is 122 Å². The number of benzene rings is 6. The Kier molecular flexibility index (Phi) is 4.23. The van der Waals surface area contributed by atoms with Crippen molar-refractivity contribution in [2.24, 2.45) is 0 Å². The van der Waals surface area contributed by atoms with E-state index in [-0.39, 0.29) is 0 Å². The van der Waals surface area contributed by atoms with E-state index >= 15 is 0 Å². The highest BCUT2D eigenvalue weighted by Crippen LogP contribution is 2.41. The zero-order chi connectivity index (χ0) is 24.3. The maximum atomic E-state index is 6.39. The molecule has 0 amide bonds. The Balaban J connectivity index is 1.42. The van der Waals surface area contributed by atoms with Crippen LogP contribution in [0.5, 0.6) is 0 Å². The molecule has 0 radical (unpaired) electrons. The molecule has 37 heavy (non-hydrogen) atoms. The summed E-state index contributed by atoms with van der Waals surface area (Å²) in [7, 11) is 0. The van der Waals surface area contributed by atoms with Crippen LogP contribution < -0.4 is 0 Å². The van der Waals surface area contributed by atoms with Gasteiger partial charge >= 0.3 is 0 Å². The molecule has 0 N–H and O–H groups in total. The average Bonchev–Trinajstić information content (AvgIpc) is 3.36. The molecule has 0 spiro atoms. The van der Waals surface area contributed by atoms with Crippen molar-refractivity contribution in [3.63, 3.8) is 0 Å². The van der Waals surface area contributed by atoms with Crippen molar-refractivity contribution >= 4 is 54.5 Å². The zero-order valence-electron chi connectivity index (χ0n) is 19.8. The van der Waals surface area contributed by atoms with Crippen molar-refractivity contribution < 1.29 is 4.42 Å². The largest absolute Gasteiger partial charge is 0.455 e. The van der Waals surface area contributed by atoms with E-state index in [9.17, 15) is 0 Å². The highest BCUT2D eigenvalue weighted by atomic mass is 16.3. The predicted molar refractivity (Wildman–Crippen MR) is 153 cm³/mol. The highest BCUT2D eigenvalue weighted by molar-refractivity contribution is 6.23. The Morgan fingerprint density at radius 2 is 1.05 bits per heavy atom. The molecule has 8 rings (SSSR count). The molecule has 0 saturated heterocycles. The SMILES string of the molecule is c1ccc(-c2cccc3c2oc2ccccc23)c(-c2ccc3c(c2)c2ccccc2c2nccnc32)c1. The highest BCUT2D eigenvalue weighted by Gasteiger charge is 2.16. The average molecular weight is 473 g/mol. The first-order chi connectivity index (χ1) is 18.4. The second-order valence-electron chi connectivity index (χ2n) is 9.39. The summed E-state index contributed by atoms with van der Waals surface area (Å²) in [4.78, 5) is 9.37. The van der Waals surface area contributed by atoms with Crippen molar-refractivity contribution in [2.75, 3.05) is 0 Å². The van der Waals surface area contributed by atoms with E-state index < -0.39 is 0 Å². The number of nitrogens with zero attached hydrogens (tertiary/aromatic N) is 2. The van der Waals surface area contributed by atoms with Gasteiger partial charge in [0, 0.05) is 39.5 Å². The van der Waals surface area contributed by atoms with Gasteiger partial charge in [-0.05, 0) is 39.6 Å². The minimum Gasteiger partial charge on any atom is -0.455 e. The molecule has 0 aliphatic carbocycles. The van der Waals surface area contributed by atoms with Crippen LogP contribution in [0.15, 0.2) is 126 Å². The Bertz CT molecular complexity index is 2120. The van der Waals surface area contributed by atoms with Gasteiger partial charge in [-0.2, -0.15) is 0 Å². The van der Waals surface area contributed by atoms with Crippen LogP contribution in [0.3, 0.4) is 0 Å². The van der Waals surface area contributed by atoms with Crippen LogP contribution >= 0.6 is 0 Å². The van der Waals surface area contributed by atoms with Gasteiger partial charge in [-0.15, -0.1) is 0 Å². The van der Waals surface area contributed by atoms with Crippen molar-refractivity contribution in [2.45, 2.75) is 0 Å². The van der Waals surface area contributed by atoms with Crippen LogP contribution in [0.2, 0.25) is 0 Å². The topological polar surface area (TPSA) is 38.9 Å². The van der Waals surface area contributed by atoms with Gasteiger partial charge in [0.15, 0.2) is 0 Å². The summed E-state index contributed by atoms with van der Waals surface area (Å²) in [5.41, 5.74) is 8.27. The fourth-order valence-corrected chi connectivity index (χ4v) is 5.73. The number of aromatic nitrogens is 2. The van der Waals surface area contributed by atoms with Gasteiger partial charge in [0.25, 0.3) is 0 Å². The molecule has 172 valence electrons. The fraction of sp³-hybridized carbons (Fsp3) is 0. The Morgan fingerprint density at radius 1 is 0.432 bits per heavy atom. The molecule has 0 saturated carbocycles. The maximum Gasteiger partial charge on any atom is 0.143 e. The zero-order valence-corrected chi connectivity index (χ0v) is 19.8. The smallest absolute Gasteiger partial charge is 0.143 e. The summed E-state index contributed by atoms with van der Waals surface area (Å²) >= 11 is 0. The summed E-state index contributed by atoms with van der Waals surface area (Å²) in [6, 6.07) is 38.4. The van der Waals surface area contributed by atoms with Crippen LogP contribution in [0.4, 0.5) is 0 Å². The summed E-state index contributed by atoms with van der Waals surface area (Å²) in [5.74, 6) is 0. The van der Waals surface area contributed by atoms with Gasteiger partial charge in [0.2, 0.25) is 0 Å². The first-order valence-corrected chi connectivity index (χ1v) is 12.4. The van der Waals surface area contributed by atoms with E-state index in [1.807, 2.05) is 12.1 Å². The van der Waals surface area contributed by atoms with Crippen LogP contribution in [0.25, 0.3) is 76.8 Å². The lowest BCUT2D eigenvalue weighted by Gasteiger charge is -2.13. The number of furan rings is 1. The number of rotatable bonds is 2. The van der Waals surface area contributed by atoms with Crippen LogP contribution in [-0.2, 0) is 0 Å². The van der Waals surface area contributed by atoms with E-state index in [2.05, 4.69) is 102 Å². The summed E-state index contributed by atoms with van der Waals surface area (Å²) < 4.78 is 6.39. The molecule has 2 aromatic heterocycles. The fourth-order valence-electron chi connectivity index (χ4n) is 5.73. The first-order valence-electron chi connectivity index (χ1n) is 12.4. The molecule has 0 fully saturated rings. The van der Waals surface area contributed by atoms with E-state index in [0.29, 0.717) is 0 Å².